The number of nitrogens with one attached hydrogen (secondary N) is 2. The van der Waals surface area contributed by atoms with Gasteiger partial charge in [-0.1, -0.05) is 48.5 Å². The quantitative estimate of drug-likeness (QED) is 0.424. The van der Waals surface area contributed by atoms with Crippen molar-refractivity contribution in [3.63, 3.8) is 0 Å². The van der Waals surface area contributed by atoms with Gasteiger partial charge >= 0.3 is 0 Å². The first kappa shape index (κ1) is 17.5. The Morgan fingerprint density at radius 3 is 2.12 bits per heavy atom. The van der Waals surface area contributed by atoms with Gasteiger partial charge in [-0.15, -0.1) is 0 Å². The molecule has 0 heterocycles. The summed E-state index contributed by atoms with van der Waals surface area (Å²) in [6.45, 7) is 3.60. The molecule has 0 unspecified atom stereocenters. The number of rotatable bonds is 7. The summed E-state index contributed by atoms with van der Waals surface area (Å²) >= 11 is 0. The highest BCUT2D eigenvalue weighted by Gasteiger charge is 2.00. The average Bonchev–Trinajstić information content (AvgIpc) is 2.69. The van der Waals surface area contributed by atoms with Gasteiger partial charge in [0.1, 0.15) is 0 Å². The lowest BCUT2D eigenvalue weighted by atomic mass is 10.1. The Kier molecular flexibility index (Phi) is 5.88. The van der Waals surface area contributed by atoms with Crippen LogP contribution < -0.4 is 16.4 Å². The third-order valence-electron chi connectivity index (χ3n) is 4.21. The summed E-state index contributed by atoms with van der Waals surface area (Å²) in [5, 5.41) is 6.87. The number of hydrogen-bond acceptors (Lipinski definition) is 3. The van der Waals surface area contributed by atoms with Gasteiger partial charge in [0.15, 0.2) is 0 Å². The van der Waals surface area contributed by atoms with E-state index in [0.29, 0.717) is 0 Å². The number of anilines is 2. The summed E-state index contributed by atoms with van der Waals surface area (Å²) in [5.74, 6) is 0. The van der Waals surface area contributed by atoms with Crippen LogP contribution in [0.25, 0.3) is 0 Å². The molecule has 0 aromatic heterocycles. The first-order valence-corrected chi connectivity index (χ1v) is 8.70. The Balaban J connectivity index is 1.55. The summed E-state index contributed by atoms with van der Waals surface area (Å²) < 4.78 is 0. The van der Waals surface area contributed by atoms with Gasteiger partial charge in [0, 0.05) is 24.5 Å². The molecule has 3 aromatic rings. The number of aliphatic imine (C=N–C) groups is 1. The highest BCUT2D eigenvalue weighted by atomic mass is 14.9. The predicted octanol–water partition coefficient (Wildman–Crippen LogP) is 4.84. The molecule has 0 aliphatic carbocycles. The van der Waals surface area contributed by atoms with E-state index in [1.165, 1.54) is 17.5 Å². The van der Waals surface area contributed by atoms with Crippen LogP contribution in [0.3, 0.4) is 0 Å². The molecule has 4 heteroatoms. The van der Waals surface area contributed by atoms with E-state index in [9.17, 15) is 0 Å². The van der Waals surface area contributed by atoms with Gasteiger partial charge in [-0.2, -0.15) is 0 Å². The molecule has 132 valence electrons. The molecule has 0 saturated heterocycles. The second kappa shape index (κ2) is 8.72. The van der Waals surface area contributed by atoms with Crippen molar-refractivity contribution in [3.05, 3.63) is 89.5 Å². The number of aryl methyl sites for hydroxylation is 1. The molecule has 0 bridgehead atoms. The number of nitrogens with zero attached hydrogens (tertiary/aromatic N) is 1. The second-order valence-corrected chi connectivity index (χ2v) is 6.17. The fraction of sp³-hybridized carbons (Fsp3) is 0.136. The van der Waals surface area contributed by atoms with Crippen LogP contribution in [0, 0.1) is 6.92 Å². The van der Waals surface area contributed by atoms with Gasteiger partial charge < -0.3 is 16.4 Å². The minimum absolute atomic E-state index is 0.758. The van der Waals surface area contributed by atoms with E-state index in [2.05, 4.69) is 70.2 Å². The molecule has 0 spiro atoms. The van der Waals surface area contributed by atoms with Crippen molar-refractivity contribution in [3.8, 4) is 0 Å². The van der Waals surface area contributed by atoms with Crippen LogP contribution in [0.4, 0.5) is 17.1 Å². The SMILES string of the molecule is Cc1ccc(NCc2ccc(NCc3ccccc3)cc2)cc1/N=C\N. The zero-order valence-electron chi connectivity index (χ0n) is 14.9. The minimum Gasteiger partial charge on any atom is -0.390 e. The lowest BCUT2D eigenvalue weighted by Gasteiger charge is -2.10. The second-order valence-electron chi connectivity index (χ2n) is 6.17. The Hall–Kier alpha value is -3.27. The molecule has 3 aromatic carbocycles. The van der Waals surface area contributed by atoms with Gasteiger partial charge in [-0.3, -0.25) is 0 Å². The van der Waals surface area contributed by atoms with Gasteiger partial charge in [-0.25, -0.2) is 4.99 Å². The number of nitrogens with two attached hydrogens (primary N) is 1. The standard InChI is InChI=1S/C22H24N4/c1-17-7-10-21(13-22(17)26-16-23)25-15-19-8-11-20(12-9-19)24-14-18-5-3-2-4-6-18/h2-13,16,24-25H,14-15H2,1H3,(H2,23,26). The molecule has 0 aliphatic rings. The largest absolute Gasteiger partial charge is 0.390 e. The number of benzene rings is 3. The maximum absolute atomic E-state index is 5.40. The van der Waals surface area contributed by atoms with E-state index >= 15 is 0 Å². The van der Waals surface area contributed by atoms with Gasteiger partial charge in [0.2, 0.25) is 0 Å². The topological polar surface area (TPSA) is 62.4 Å². The fourth-order valence-electron chi connectivity index (χ4n) is 2.68. The lowest BCUT2D eigenvalue weighted by Crippen LogP contribution is -2.01. The Bertz CT molecular complexity index is 855. The van der Waals surface area contributed by atoms with Crippen molar-refractivity contribution >= 4 is 23.4 Å². The Labute approximate surface area is 154 Å². The van der Waals surface area contributed by atoms with Crippen LogP contribution in [-0.2, 0) is 13.1 Å². The van der Waals surface area contributed by atoms with Gasteiger partial charge in [0.05, 0.1) is 12.0 Å². The van der Waals surface area contributed by atoms with Crippen LogP contribution in [0.15, 0.2) is 77.8 Å². The highest BCUT2D eigenvalue weighted by Crippen LogP contribution is 2.23. The normalized spacial score (nSPS) is 10.8. The smallest absolute Gasteiger partial charge is 0.0860 e. The van der Waals surface area contributed by atoms with Crippen molar-refractivity contribution in [2.24, 2.45) is 10.7 Å². The van der Waals surface area contributed by atoms with Gasteiger partial charge in [-0.05, 0) is 47.9 Å². The van der Waals surface area contributed by atoms with Crippen molar-refractivity contribution in [2.45, 2.75) is 20.0 Å². The molecule has 0 atom stereocenters. The molecule has 0 fully saturated rings. The molecule has 26 heavy (non-hydrogen) atoms. The van der Waals surface area contributed by atoms with Crippen LogP contribution in [0.5, 0.6) is 0 Å². The third-order valence-corrected chi connectivity index (χ3v) is 4.21. The molecule has 0 aliphatic heterocycles. The third kappa shape index (κ3) is 4.86. The summed E-state index contributed by atoms with van der Waals surface area (Å²) in [4.78, 5) is 4.18. The molecule has 4 N–H and O–H groups in total. The van der Waals surface area contributed by atoms with Crippen LogP contribution in [0.2, 0.25) is 0 Å². The van der Waals surface area contributed by atoms with E-state index in [1.807, 2.05) is 25.1 Å². The number of hydrogen-bond donors (Lipinski definition) is 3. The van der Waals surface area contributed by atoms with Crippen LogP contribution >= 0.6 is 0 Å². The van der Waals surface area contributed by atoms with Gasteiger partial charge in [0.25, 0.3) is 0 Å². The summed E-state index contributed by atoms with van der Waals surface area (Å²) in [5.41, 5.74) is 12.0. The predicted molar refractivity (Wildman–Crippen MR) is 111 cm³/mol. The van der Waals surface area contributed by atoms with E-state index in [1.54, 1.807) is 0 Å². The van der Waals surface area contributed by atoms with Crippen LogP contribution in [-0.4, -0.2) is 6.34 Å². The average molecular weight is 344 g/mol. The van der Waals surface area contributed by atoms with Crippen LogP contribution in [0.1, 0.15) is 16.7 Å². The van der Waals surface area contributed by atoms with E-state index in [-0.39, 0.29) is 0 Å². The van der Waals surface area contributed by atoms with Crippen molar-refractivity contribution in [1.82, 2.24) is 0 Å². The summed E-state index contributed by atoms with van der Waals surface area (Å²) in [6.07, 6.45) is 1.33. The molecule has 0 radical (unpaired) electrons. The fourth-order valence-corrected chi connectivity index (χ4v) is 2.68. The van der Waals surface area contributed by atoms with Crippen molar-refractivity contribution < 1.29 is 0 Å². The first-order chi connectivity index (χ1) is 12.7. The molecular weight excluding hydrogens is 320 g/mol. The summed E-state index contributed by atoms with van der Waals surface area (Å²) in [7, 11) is 0. The van der Waals surface area contributed by atoms with E-state index < -0.39 is 0 Å². The zero-order valence-corrected chi connectivity index (χ0v) is 14.9. The minimum atomic E-state index is 0.758. The molecule has 4 nitrogen and oxygen atoms in total. The maximum atomic E-state index is 5.40. The Morgan fingerprint density at radius 2 is 1.42 bits per heavy atom. The molecule has 0 saturated carbocycles. The first-order valence-electron chi connectivity index (χ1n) is 8.70. The lowest BCUT2D eigenvalue weighted by molar-refractivity contribution is 1.13. The summed E-state index contributed by atoms with van der Waals surface area (Å²) in [6, 6.07) is 25.0. The van der Waals surface area contributed by atoms with Crippen molar-refractivity contribution in [1.29, 1.82) is 0 Å². The molecular formula is C22H24N4. The monoisotopic (exact) mass is 344 g/mol. The van der Waals surface area contributed by atoms with E-state index in [4.69, 9.17) is 5.73 Å². The Morgan fingerprint density at radius 1 is 0.808 bits per heavy atom. The van der Waals surface area contributed by atoms with Crippen molar-refractivity contribution in [2.75, 3.05) is 10.6 Å². The van der Waals surface area contributed by atoms with E-state index in [0.717, 1.165) is 35.7 Å². The highest BCUT2D eigenvalue weighted by molar-refractivity contribution is 5.65. The maximum Gasteiger partial charge on any atom is 0.0860 e. The molecule has 0 amide bonds. The zero-order chi connectivity index (χ0) is 18.2. The molecule has 3 rings (SSSR count).